The van der Waals surface area contributed by atoms with Crippen LogP contribution in [0.3, 0.4) is 0 Å². The van der Waals surface area contributed by atoms with Crippen LogP contribution in [0.25, 0.3) is 6.08 Å². The van der Waals surface area contributed by atoms with E-state index < -0.39 is 5.97 Å². The number of carbonyl (C=O) groups is 1. The second-order valence-electron chi connectivity index (χ2n) is 2.47. The van der Waals surface area contributed by atoms with Crippen molar-refractivity contribution in [3.05, 3.63) is 26.4 Å². The summed E-state index contributed by atoms with van der Waals surface area (Å²) in [4.78, 5) is 11.6. The molecule has 4 heteroatoms. The molecule has 0 aliphatic heterocycles. The standard InChI is InChI=1S/C9H9BrO2S/c1-2-6(9(11)12)5-7-3-4-8(10)13-7/h3-5H,2H2,1H3,(H,11,12)/b6-5+. The van der Waals surface area contributed by atoms with E-state index in [2.05, 4.69) is 15.9 Å². The van der Waals surface area contributed by atoms with E-state index in [0.717, 1.165) is 8.66 Å². The first-order valence-corrected chi connectivity index (χ1v) is 5.43. The molecule has 0 saturated heterocycles. The number of rotatable bonds is 3. The van der Waals surface area contributed by atoms with Gasteiger partial charge in [-0.2, -0.15) is 0 Å². The Balaban J connectivity index is 2.91. The molecule has 0 bridgehead atoms. The number of hydrogen-bond acceptors (Lipinski definition) is 2. The van der Waals surface area contributed by atoms with Gasteiger partial charge in [-0.15, -0.1) is 11.3 Å². The van der Waals surface area contributed by atoms with Gasteiger partial charge >= 0.3 is 5.97 Å². The molecule has 1 heterocycles. The highest BCUT2D eigenvalue weighted by molar-refractivity contribution is 9.11. The first-order chi connectivity index (χ1) is 6.13. The largest absolute Gasteiger partial charge is 0.478 e. The molecule has 13 heavy (non-hydrogen) atoms. The first kappa shape index (κ1) is 10.5. The number of carboxylic acid groups (broad SMARTS) is 1. The maximum atomic E-state index is 10.7. The van der Waals surface area contributed by atoms with E-state index in [1.165, 1.54) is 11.3 Å². The van der Waals surface area contributed by atoms with Gasteiger partial charge < -0.3 is 5.11 Å². The maximum absolute atomic E-state index is 10.7. The summed E-state index contributed by atoms with van der Waals surface area (Å²) in [6.45, 7) is 1.84. The predicted octanol–water partition coefficient (Wildman–Crippen LogP) is 3.39. The lowest BCUT2D eigenvalue weighted by Crippen LogP contribution is -1.97. The van der Waals surface area contributed by atoms with Crippen LogP contribution in [0.2, 0.25) is 0 Å². The average molecular weight is 261 g/mol. The Labute approximate surface area is 89.0 Å². The highest BCUT2D eigenvalue weighted by atomic mass is 79.9. The Bertz CT molecular complexity index is 341. The monoisotopic (exact) mass is 260 g/mol. The van der Waals surface area contributed by atoms with E-state index in [4.69, 9.17) is 5.11 Å². The topological polar surface area (TPSA) is 37.3 Å². The van der Waals surface area contributed by atoms with E-state index >= 15 is 0 Å². The third-order valence-electron chi connectivity index (χ3n) is 1.57. The number of aliphatic carboxylic acids is 1. The zero-order valence-electron chi connectivity index (χ0n) is 7.08. The van der Waals surface area contributed by atoms with Crippen molar-refractivity contribution in [1.82, 2.24) is 0 Å². The first-order valence-electron chi connectivity index (χ1n) is 3.82. The fourth-order valence-corrected chi connectivity index (χ4v) is 2.28. The second kappa shape index (κ2) is 4.58. The molecule has 0 aromatic carbocycles. The van der Waals surface area contributed by atoms with E-state index in [1.54, 1.807) is 6.08 Å². The van der Waals surface area contributed by atoms with Crippen LogP contribution in [0.1, 0.15) is 18.2 Å². The van der Waals surface area contributed by atoms with Crippen LogP contribution in [0.15, 0.2) is 21.5 Å². The molecule has 0 amide bonds. The zero-order valence-corrected chi connectivity index (χ0v) is 9.48. The summed E-state index contributed by atoms with van der Waals surface area (Å²) >= 11 is 4.85. The van der Waals surface area contributed by atoms with Crippen LogP contribution in [0.5, 0.6) is 0 Å². The molecule has 0 radical (unpaired) electrons. The molecule has 1 aromatic heterocycles. The third kappa shape index (κ3) is 2.97. The van der Waals surface area contributed by atoms with Gasteiger partial charge in [0.15, 0.2) is 0 Å². The molecule has 0 aliphatic rings. The summed E-state index contributed by atoms with van der Waals surface area (Å²) in [6, 6.07) is 3.80. The molecule has 0 atom stereocenters. The van der Waals surface area contributed by atoms with Gasteiger partial charge in [-0.05, 0) is 40.6 Å². The quantitative estimate of drug-likeness (QED) is 0.847. The van der Waals surface area contributed by atoms with Gasteiger partial charge in [0, 0.05) is 10.5 Å². The molecule has 0 spiro atoms. The predicted molar refractivity (Wildman–Crippen MR) is 57.9 cm³/mol. The number of hydrogen-bond donors (Lipinski definition) is 1. The molecule has 1 rings (SSSR count). The minimum absolute atomic E-state index is 0.439. The molecule has 0 saturated carbocycles. The van der Waals surface area contributed by atoms with Crippen LogP contribution in [-0.4, -0.2) is 11.1 Å². The van der Waals surface area contributed by atoms with Gasteiger partial charge in [0.25, 0.3) is 0 Å². The van der Waals surface area contributed by atoms with Crippen molar-refractivity contribution < 1.29 is 9.90 Å². The Morgan fingerprint density at radius 1 is 1.69 bits per heavy atom. The van der Waals surface area contributed by atoms with Crippen LogP contribution in [0, 0.1) is 0 Å². The lowest BCUT2D eigenvalue weighted by Gasteiger charge is -1.94. The Morgan fingerprint density at radius 2 is 2.38 bits per heavy atom. The summed E-state index contributed by atoms with van der Waals surface area (Å²) < 4.78 is 1.01. The van der Waals surface area contributed by atoms with Crippen molar-refractivity contribution in [1.29, 1.82) is 0 Å². The summed E-state index contributed by atoms with van der Waals surface area (Å²) in [5.74, 6) is -0.841. The summed E-state index contributed by atoms with van der Waals surface area (Å²) in [5.41, 5.74) is 0.439. The normalized spacial score (nSPS) is 11.7. The van der Waals surface area contributed by atoms with Gasteiger partial charge in [-0.25, -0.2) is 4.79 Å². The highest BCUT2D eigenvalue weighted by Gasteiger charge is 2.04. The second-order valence-corrected chi connectivity index (χ2v) is 4.96. The molecule has 0 unspecified atom stereocenters. The number of thiophene rings is 1. The molecule has 2 nitrogen and oxygen atoms in total. The minimum atomic E-state index is -0.841. The van der Waals surface area contributed by atoms with Crippen LogP contribution in [0.4, 0.5) is 0 Å². The van der Waals surface area contributed by atoms with Crippen molar-refractivity contribution in [2.45, 2.75) is 13.3 Å². The van der Waals surface area contributed by atoms with E-state index in [-0.39, 0.29) is 0 Å². The molecule has 1 N–H and O–H groups in total. The summed E-state index contributed by atoms with van der Waals surface area (Å²) in [6.07, 6.45) is 2.25. The fourth-order valence-electron chi connectivity index (χ4n) is 0.893. The Hall–Kier alpha value is -0.610. The van der Waals surface area contributed by atoms with Gasteiger partial charge in [-0.1, -0.05) is 6.92 Å². The lowest BCUT2D eigenvalue weighted by molar-refractivity contribution is -0.132. The Morgan fingerprint density at radius 3 is 2.77 bits per heavy atom. The summed E-state index contributed by atoms with van der Waals surface area (Å²) in [7, 11) is 0. The minimum Gasteiger partial charge on any atom is -0.478 e. The molecule has 0 fully saturated rings. The van der Waals surface area contributed by atoms with Gasteiger partial charge in [0.05, 0.1) is 3.79 Å². The van der Waals surface area contributed by atoms with E-state index in [9.17, 15) is 4.79 Å². The van der Waals surface area contributed by atoms with Crippen molar-refractivity contribution in [2.75, 3.05) is 0 Å². The SMILES string of the molecule is CC/C(=C\c1ccc(Br)s1)C(=O)O. The smallest absolute Gasteiger partial charge is 0.331 e. The van der Waals surface area contributed by atoms with Crippen molar-refractivity contribution in [2.24, 2.45) is 0 Å². The van der Waals surface area contributed by atoms with Gasteiger partial charge in [0.1, 0.15) is 0 Å². The third-order valence-corrected chi connectivity index (χ3v) is 3.14. The van der Waals surface area contributed by atoms with Gasteiger partial charge in [-0.3, -0.25) is 0 Å². The maximum Gasteiger partial charge on any atom is 0.331 e. The van der Waals surface area contributed by atoms with Crippen molar-refractivity contribution >= 4 is 39.3 Å². The number of carboxylic acids is 1. The molecule has 70 valence electrons. The van der Waals surface area contributed by atoms with E-state index in [1.807, 2.05) is 19.1 Å². The lowest BCUT2D eigenvalue weighted by atomic mass is 10.2. The number of halogens is 1. The molecular weight excluding hydrogens is 252 g/mol. The molecule has 1 aromatic rings. The van der Waals surface area contributed by atoms with Crippen molar-refractivity contribution in [3.8, 4) is 0 Å². The van der Waals surface area contributed by atoms with Crippen molar-refractivity contribution in [3.63, 3.8) is 0 Å². The average Bonchev–Trinajstić information content (AvgIpc) is 2.46. The van der Waals surface area contributed by atoms with Gasteiger partial charge in [0.2, 0.25) is 0 Å². The summed E-state index contributed by atoms with van der Waals surface area (Å²) in [5, 5.41) is 8.77. The van der Waals surface area contributed by atoms with Crippen LogP contribution < -0.4 is 0 Å². The van der Waals surface area contributed by atoms with Crippen LogP contribution >= 0.6 is 27.3 Å². The van der Waals surface area contributed by atoms with E-state index in [0.29, 0.717) is 12.0 Å². The highest BCUT2D eigenvalue weighted by Crippen LogP contribution is 2.24. The zero-order chi connectivity index (χ0) is 9.84. The van der Waals surface area contributed by atoms with Crippen LogP contribution in [-0.2, 0) is 4.79 Å². The fraction of sp³-hybridized carbons (Fsp3) is 0.222. The Kier molecular flexibility index (Phi) is 3.69. The molecule has 0 aliphatic carbocycles. The molecular formula is C9H9BrO2S.